The van der Waals surface area contributed by atoms with Crippen molar-refractivity contribution < 1.29 is 14.6 Å². The number of nitrogens with zero attached hydrogens (tertiary/aromatic N) is 1. The zero-order valence-electron chi connectivity index (χ0n) is 15.5. The number of esters is 1. The van der Waals surface area contributed by atoms with Crippen molar-refractivity contribution in [3.63, 3.8) is 0 Å². The summed E-state index contributed by atoms with van der Waals surface area (Å²) in [7, 11) is 1.32. The fourth-order valence-electron chi connectivity index (χ4n) is 3.36. The van der Waals surface area contributed by atoms with Crippen LogP contribution in [0.4, 0.5) is 5.69 Å². The molecule has 1 aliphatic rings. The summed E-state index contributed by atoms with van der Waals surface area (Å²) in [5.74, 6) is -0.580. The van der Waals surface area contributed by atoms with Crippen LogP contribution in [0.1, 0.15) is 48.2 Å². The molecule has 0 bridgehead atoms. The van der Waals surface area contributed by atoms with Gasteiger partial charge < -0.3 is 14.1 Å². The molecule has 4 nitrogen and oxygen atoms in total. The Labute approximate surface area is 159 Å². The number of methoxy groups -OCH3 is 1. The average Bonchev–Trinajstić information content (AvgIpc) is 2.68. The molecule has 3 rings (SSSR count). The lowest BCUT2D eigenvalue weighted by atomic mass is 9.94. The number of benzene rings is 2. The fraction of sp³-hybridized carbons (Fsp3) is 0.381. The lowest BCUT2D eigenvalue weighted by Crippen LogP contribution is -2.33. The van der Waals surface area contributed by atoms with Crippen molar-refractivity contribution >= 4 is 23.6 Å². The van der Waals surface area contributed by atoms with Gasteiger partial charge in [0, 0.05) is 10.9 Å². The number of ether oxygens (including phenoxy) is 1. The van der Waals surface area contributed by atoms with E-state index in [1.807, 2.05) is 6.07 Å². The Bertz CT molecular complexity index is 806. The first-order chi connectivity index (χ1) is 12.6. The topological polar surface area (TPSA) is 49.8 Å². The van der Waals surface area contributed by atoms with Gasteiger partial charge in [-0.25, -0.2) is 4.79 Å². The summed E-state index contributed by atoms with van der Waals surface area (Å²) in [4.78, 5) is 12.8. The van der Waals surface area contributed by atoms with E-state index in [-0.39, 0.29) is 11.3 Å². The highest BCUT2D eigenvalue weighted by molar-refractivity contribution is 8.00. The first kappa shape index (κ1) is 18.6. The third-order valence-electron chi connectivity index (χ3n) is 4.92. The predicted molar refractivity (Wildman–Crippen MR) is 106 cm³/mol. The Morgan fingerprint density at radius 1 is 1.27 bits per heavy atom. The molecule has 1 N–H and O–H groups in total. The lowest BCUT2D eigenvalue weighted by molar-refractivity contribution is 0.0597. The van der Waals surface area contributed by atoms with Crippen LogP contribution in [0.25, 0.3) is 0 Å². The highest BCUT2D eigenvalue weighted by Crippen LogP contribution is 2.40. The van der Waals surface area contributed by atoms with E-state index >= 15 is 0 Å². The van der Waals surface area contributed by atoms with Crippen molar-refractivity contribution in [3.05, 3.63) is 53.1 Å². The van der Waals surface area contributed by atoms with Crippen LogP contribution in [0.3, 0.4) is 0 Å². The molecule has 0 unspecified atom stereocenters. The summed E-state index contributed by atoms with van der Waals surface area (Å²) < 4.78 is 7.12. The second kappa shape index (κ2) is 8.04. The van der Waals surface area contributed by atoms with E-state index in [2.05, 4.69) is 36.4 Å². The number of hydrogen-bond acceptors (Lipinski definition) is 5. The normalized spacial score (nSPS) is 16.3. The van der Waals surface area contributed by atoms with Crippen LogP contribution in [0, 0.1) is 0 Å². The summed E-state index contributed by atoms with van der Waals surface area (Å²) in [6.45, 7) is 4.39. The first-order valence-corrected chi connectivity index (χ1v) is 9.85. The number of carbonyl (C=O) groups is 1. The van der Waals surface area contributed by atoms with E-state index < -0.39 is 5.97 Å². The largest absolute Gasteiger partial charge is 0.507 e. The maximum atomic E-state index is 11.9. The second-order valence-electron chi connectivity index (χ2n) is 6.50. The van der Waals surface area contributed by atoms with Crippen molar-refractivity contribution in [1.82, 2.24) is 0 Å². The van der Waals surface area contributed by atoms with Gasteiger partial charge in [-0.1, -0.05) is 26.0 Å². The summed E-state index contributed by atoms with van der Waals surface area (Å²) in [5.41, 5.74) is 4.19. The zero-order valence-corrected chi connectivity index (χ0v) is 16.3. The minimum absolute atomic E-state index is 0.0557. The van der Waals surface area contributed by atoms with E-state index in [1.165, 1.54) is 23.9 Å². The van der Waals surface area contributed by atoms with Crippen LogP contribution in [0.15, 0.2) is 41.3 Å². The number of phenols is 1. The average molecular weight is 372 g/mol. The van der Waals surface area contributed by atoms with Gasteiger partial charge >= 0.3 is 5.97 Å². The molecule has 138 valence electrons. The SMILES string of the molecule is CCc1ccc2c(c1)CC[C@@H](CC)N2Sc1ccc(O)c(C(=O)OC)c1. The zero-order chi connectivity index (χ0) is 18.7. The van der Waals surface area contributed by atoms with E-state index in [4.69, 9.17) is 4.74 Å². The van der Waals surface area contributed by atoms with E-state index in [9.17, 15) is 9.90 Å². The van der Waals surface area contributed by atoms with Gasteiger partial charge in [0.15, 0.2) is 0 Å². The van der Waals surface area contributed by atoms with Crippen LogP contribution in [-0.2, 0) is 17.6 Å². The molecule has 26 heavy (non-hydrogen) atoms. The molecule has 1 atom stereocenters. The molecule has 2 aromatic carbocycles. The van der Waals surface area contributed by atoms with E-state index in [1.54, 1.807) is 24.1 Å². The highest BCUT2D eigenvalue weighted by Gasteiger charge is 2.26. The molecule has 0 aromatic heterocycles. The van der Waals surface area contributed by atoms with Gasteiger partial charge in [0.1, 0.15) is 11.3 Å². The number of carbonyl (C=O) groups excluding carboxylic acids is 1. The molecule has 0 saturated carbocycles. The molecule has 2 aromatic rings. The summed E-state index contributed by atoms with van der Waals surface area (Å²) in [5, 5.41) is 9.93. The minimum atomic E-state index is -0.524. The predicted octanol–water partition coefficient (Wildman–Crippen LogP) is 4.98. The van der Waals surface area contributed by atoms with Gasteiger partial charge in [-0.2, -0.15) is 0 Å². The van der Waals surface area contributed by atoms with E-state index in [0.717, 1.165) is 30.6 Å². The lowest BCUT2D eigenvalue weighted by Gasteiger charge is -2.37. The summed E-state index contributed by atoms with van der Waals surface area (Å²) in [6.07, 6.45) is 4.31. The van der Waals surface area contributed by atoms with Crippen molar-refractivity contribution in [2.45, 2.75) is 50.5 Å². The van der Waals surface area contributed by atoms with Gasteiger partial charge in [-0.05, 0) is 73.0 Å². The Morgan fingerprint density at radius 3 is 2.77 bits per heavy atom. The van der Waals surface area contributed by atoms with Crippen LogP contribution in [0.5, 0.6) is 5.75 Å². The van der Waals surface area contributed by atoms with Gasteiger partial charge in [0.25, 0.3) is 0 Å². The Hall–Kier alpha value is -2.14. The number of fused-ring (bicyclic) bond motifs is 1. The van der Waals surface area contributed by atoms with Crippen LogP contribution in [-0.4, -0.2) is 24.2 Å². The number of phenolic OH excluding ortho intramolecular Hbond substituents is 1. The molecule has 0 aliphatic carbocycles. The number of aryl methyl sites for hydroxylation is 2. The molecule has 0 radical (unpaired) electrons. The number of anilines is 1. The van der Waals surface area contributed by atoms with Gasteiger partial charge in [0.2, 0.25) is 0 Å². The summed E-state index contributed by atoms with van der Waals surface area (Å²) >= 11 is 1.62. The Balaban J connectivity index is 1.94. The van der Waals surface area contributed by atoms with Gasteiger partial charge in [-0.15, -0.1) is 0 Å². The molecule has 0 amide bonds. The third kappa shape index (κ3) is 3.68. The molecule has 1 heterocycles. The maximum absolute atomic E-state index is 11.9. The summed E-state index contributed by atoms with van der Waals surface area (Å²) in [6, 6.07) is 12.3. The van der Waals surface area contributed by atoms with Crippen molar-refractivity contribution in [2.75, 3.05) is 11.4 Å². The minimum Gasteiger partial charge on any atom is -0.507 e. The number of aromatic hydroxyl groups is 1. The monoisotopic (exact) mass is 371 g/mol. The molecule has 1 aliphatic heterocycles. The smallest absolute Gasteiger partial charge is 0.341 e. The number of rotatable bonds is 5. The quantitative estimate of drug-likeness (QED) is 0.593. The van der Waals surface area contributed by atoms with Crippen molar-refractivity contribution in [1.29, 1.82) is 0 Å². The molecule has 0 fully saturated rings. The number of hydrogen-bond donors (Lipinski definition) is 1. The van der Waals surface area contributed by atoms with Gasteiger partial charge in [-0.3, -0.25) is 0 Å². The first-order valence-electron chi connectivity index (χ1n) is 9.07. The van der Waals surface area contributed by atoms with Crippen LogP contribution in [0.2, 0.25) is 0 Å². The van der Waals surface area contributed by atoms with Gasteiger partial charge in [0.05, 0.1) is 12.8 Å². The van der Waals surface area contributed by atoms with E-state index in [0.29, 0.717) is 6.04 Å². The molecule has 0 saturated heterocycles. The second-order valence-corrected chi connectivity index (χ2v) is 7.55. The molecular weight excluding hydrogens is 346 g/mol. The Kier molecular flexibility index (Phi) is 5.77. The molecule has 0 spiro atoms. The Morgan fingerprint density at radius 2 is 2.08 bits per heavy atom. The van der Waals surface area contributed by atoms with Crippen molar-refractivity contribution in [2.24, 2.45) is 0 Å². The molecular formula is C21H25NO3S. The highest BCUT2D eigenvalue weighted by atomic mass is 32.2. The van der Waals surface area contributed by atoms with Crippen molar-refractivity contribution in [3.8, 4) is 5.75 Å². The standard InChI is InChI=1S/C21H25NO3S/c1-4-14-6-10-19-15(12-14)7-8-16(5-2)22(19)26-17-9-11-20(23)18(13-17)21(24)25-3/h6,9-13,16,23H,4-5,7-8H2,1-3H3/t16-/m1/s1. The molecule has 5 heteroatoms. The van der Waals surface area contributed by atoms with Crippen LogP contribution >= 0.6 is 11.9 Å². The third-order valence-corrected chi connectivity index (χ3v) is 6.07. The maximum Gasteiger partial charge on any atom is 0.341 e. The van der Waals surface area contributed by atoms with Crippen LogP contribution < -0.4 is 4.31 Å². The fourth-order valence-corrected chi connectivity index (χ4v) is 4.57.